The van der Waals surface area contributed by atoms with Crippen molar-refractivity contribution in [2.45, 2.75) is 12.1 Å². The maximum absolute atomic E-state index is 4.58. The lowest BCUT2D eigenvalue weighted by Crippen LogP contribution is -2.13. The Bertz CT molecular complexity index is 695. The molecule has 1 aromatic heterocycles. The molecule has 94 valence electrons. The molecule has 0 N–H and O–H groups in total. The van der Waals surface area contributed by atoms with Gasteiger partial charge in [0.1, 0.15) is 0 Å². The first kappa shape index (κ1) is 12.2. The van der Waals surface area contributed by atoms with Gasteiger partial charge < -0.3 is 0 Å². The lowest BCUT2D eigenvalue weighted by atomic mass is 10.1. The second-order valence-electron chi connectivity index (χ2n) is 3.93. The van der Waals surface area contributed by atoms with E-state index in [0.29, 0.717) is 0 Å². The summed E-state index contributed by atoms with van der Waals surface area (Å²) in [6.45, 7) is 1.89. The van der Waals surface area contributed by atoms with Crippen molar-refractivity contribution in [2.24, 2.45) is 10.1 Å². The quantitative estimate of drug-likeness (QED) is 0.629. The molecule has 0 radical (unpaired) electrons. The number of rotatable bonds is 2. The fourth-order valence-electron chi connectivity index (χ4n) is 1.75. The third kappa shape index (κ3) is 2.35. The van der Waals surface area contributed by atoms with E-state index in [4.69, 9.17) is 0 Å². The van der Waals surface area contributed by atoms with Crippen LogP contribution in [0.3, 0.4) is 0 Å². The zero-order valence-corrected chi connectivity index (χ0v) is 11.7. The Hall–Kier alpha value is -1.82. The van der Waals surface area contributed by atoms with Gasteiger partial charge in [0.15, 0.2) is 5.82 Å². The highest BCUT2D eigenvalue weighted by molar-refractivity contribution is 7.99. The number of aryl methyl sites for hydroxylation is 1. The number of thiocarbonyl (C=S) groups is 1. The topological polar surface area (TPSA) is 55.4 Å². The highest BCUT2D eigenvalue weighted by atomic mass is 32.2. The van der Waals surface area contributed by atoms with Gasteiger partial charge in [0.2, 0.25) is 5.16 Å². The molecule has 0 atom stereocenters. The number of aliphatic imine (C=N–C) groups is 1. The molecule has 7 heteroatoms. The standard InChI is InChI=1S/C12H9N5S2/c1-8-14-15-12-17(8)16-11(6-19-12)9-2-4-10(5-3-9)13-7-18/h2-5H,6H2,1H3. The van der Waals surface area contributed by atoms with E-state index < -0.39 is 0 Å². The molecule has 1 aliphatic heterocycles. The van der Waals surface area contributed by atoms with Crippen molar-refractivity contribution < 1.29 is 0 Å². The SMILES string of the molecule is Cc1nnc2n1N=C(c1ccc(N=C=S)cc1)CS2. The Morgan fingerprint density at radius 3 is 2.84 bits per heavy atom. The largest absolute Gasteiger partial charge is 0.212 e. The van der Waals surface area contributed by atoms with E-state index in [1.54, 1.807) is 16.4 Å². The Kier molecular flexibility index (Phi) is 3.25. The summed E-state index contributed by atoms with van der Waals surface area (Å²) in [5.74, 6) is 1.58. The van der Waals surface area contributed by atoms with E-state index in [9.17, 15) is 0 Å². The number of isothiocyanates is 1. The van der Waals surface area contributed by atoms with Gasteiger partial charge in [0.25, 0.3) is 0 Å². The fourth-order valence-corrected chi connectivity index (χ4v) is 2.74. The van der Waals surface area contributed by atoms with E-state index in [-0.39, 0.29) is 0 Å². The highest BCUT2D eigenvalue weighted by Crippen LogP contribution is 2.24. The third-order valence-corrected chi connectivity index (χ3v) is 3.72. The van der Waals surface area contributed by atoms with Crippen LogP contribution >= 0.6 is 24.0 Å². The van der Waals surface area contributed by atoms with Gasteiger partial charge in [-0.25, -0.2) is 0 Å². The van der Waals surface area contributed by atoms with Gasteiger partial charge in [-0.15, -0.1) is 10.2 Å². The van der Waals surface area contributed by atoms with Gasteiger partial charge >= 0.3 is 0 Å². The molecule has 5 nitrogen and oxygen atoms in total. The first-order chi connectivity index (χ1) is 9.28. The lowest BCUT2D eigenvalue weighted by molar-refractivity contribution is 0.734. The lowest BCUT2D eigenvalue weighted by Gasteiger charge is -2.13. The number of benzene rings is 1. The molecule has 0 spiro atoms. The van der Waals surface area contributed by atoms with Gasteiger partial charge in [-0.05, 0) is 36.8 Å². The molecular formula is C12H9N5S2. The third-order valence-electron chi connectivity index (χ3n) is 2.70. The van der Waals surface area contributed by atoms with Crippen molar-refractivity contribution in [3.05, 3.63) is 35.7 Å². The van der Waals surface area contributed by atoms with Crippen LogP contribution in [0.1, 0.15) is 11.4 Å². The molecule has 0 aliphatic carbocycles. The molecular weight excluding hydrogens is 278 g/mol. The molecule has 0 unspecified atom stereocenters. The molecule has 0 amide bonds. The Morgan fingerprint density at radius 2 is 2.11 bits per heavy atom. The first-order valence-corrected chi connectivity index (χ1v) is 6.98. The minimum Gasteiger partial charge on any atom is -0.195 e. The Morgan fingerprint density at radius 1 is 1.32 bits per heavy atom. The van der Waals surface area contributed by atoms with Crippen LogP contribution in [0.25, 0.3) is 0 Å². The normalized spacial score (nSPS) is 13.4. The molecule has 2 aromatic rings. The van der Waals surface area contributed by atoms with E-state index in [1.807, 2.05) is 31.2 Å². The predicted octanol–water partition coefficient (Wildman–Crippen LogP) is 2.68. The minimum atomic E-state index is 0.786. The summed E-state index contributed by atoms with van der Waals surface area (Å²) in [6, 6.07) is 7.76. The number of thioether (sulfide) groups is 1. The summed E-state index contributed by atoms with van der Waals surface area (Å²) in [5.41, 5.74) is 2.86. The van der Waals surface area contributed by atoms with Crippen LogP contribution in [-0.2, 0) is 0 Å². The molecule has 2 heterocycles. The number of aromatic nitrogens is 3. The summed E-state index contributed by atoms with van der Waals surface area (Å²) < 4.78 is 1.77. The van der Waals surface area contributed by atoms with Crippen molar-refractivity contribution >= 4 is 40.5 Å². The van der Waals surface area contributed by atoms with Crippen molar-refractivity contribution in [3.8, 4) is 0 Å². The summed E-state index contributed by atoms with van der Waals surface area (Å²) in [6.07, 6.45) is 0. The molecule has 0 saturated carbocycles. The summed E-state index contributed by atoms with van der Waals surface area (Å²) in [7, 11) is 0. The van der Waals surface area contributed by atoms with Gasteiger partial charge in [0, 0.05) is 5.75 Å². The summed E-state index contributed by atoms with van der Waals surface area (Å²) >= 11 is 6.21. The van der Waals surface area contributed by atoms with Crippen LogP contribution in [0, 0.1) is 6.92 Å². The second kappa shape index (κ2) is 5.05. The van der Waals surface area contributed by atoms with Crippen LogP contribution in [0.4, 0.5) is 5.69 Å². The molecule has 1 aliphatic rings. The van der Waals surface area contributed by atoms with Crippen LogP contribution < -0.4 is 0 Å². The molecule has 1 aromatic carbocycles. The van der Waals surface area contributed by atoms with Gasteiger partial charge in [-0.3, -0.25) is 0 Å². The van der Waals surface area contributed by atoms with Crippen molar-refractivity contribution in [1.29, 1.82) is 0 Å². The van der Waals surface area contributed by atoms with E-state index in [1.165, 1.54) is 0 Å². The monoisotopic (exact) mass is 287 g/mol. The molecule has 3 rings (SSSR count). The zero-order valence-electron chi connectivity index (χ0n) is 10.1. The number of nitrogens with zero attached hydrogens (tertiary/aromatic N) is 5. The van der Waals surface area contributed by atoms with Gasteiger partial charge in [-0.2, -0.15) is 14.8 Å². The number of hydrogen-bond donors (Lipinski definition) is 0. The average Bonchev–Trinajstić information content (AvgIpc) is 2.81. The van der Waals surface area contributed by atoms with E-state index in [2.05, 4.69) is 37.7 Å². The summed E-state index contributed by atoms with van der Waals surface area (Å²) in [4.78, 5) is 3.93. The summed E-state index contributed by atoms with van der Waals surface area (Å²) in [5, 5.41) is 15.8. The molecule has 0 saturated heterocycles. The smallest absolute Gasteiger partial charge is 0.195 e. The first-order valence-electron chi connectivity index (χ1n) is 5.59. The van der Waals surface area contributed by atoms with E-state index in [0.717, 1.165) is 33.7 Å². The maximum Gasteiger partial charge on any atom is 0.212 e. The second-order valence-corrected chi connectivity index (χ2v) is 5.05. The highest BCUT2D eigenvalue weighted by Gasteiger charge is 2.17. The minimum absolute atomic E-state index is 0.786. The van der Waals surface area contributed by atoms with Crippen molar-refractivity contribution in [3.63, 3.8) is 0 Å². The Balaban J connectivity index is 1.97. The molecule has 0 fully saturated rings. The maximum atomic E-state index is 4.58. The van der Waals surface area contributed by atoms with Crippen molar-refractivity contribution in [2.75, 3.05) is 5.75 Å². The van der Waals surface area contributed by atoms with Gasteiger partial charge in [0.05, 0.1) is 16.6 Å². The van der Waals surface area contributed by atoms with Crippen LogP contribution in [0.2, 0.25) is 0 Å². The zero-order chi connectivity index (χ0) is 13.2. The average molecular weight is 287 g/mol. The van der Waals surface area contributed by atoms with Gasteiger partial charge in [-0.1, -0.05) is 23.9 Å². The van der Waals surface area contributed by atoms with Crippen molar-refractivity contribution in [1.82, 2.24) is 14.9 Å². The molecule has 19 heavy (non-hydrogen) atoms. The number of fused-ring (bicyclic) bond motifs is 1. The molecule has 0 bridgehead atoms. The van der Waals surface area contributed by atoms with Crippen LogP contribution in [0.15, 0.2) is 39.5 Å². The predicted molar refractivity (Wildman–Crippen MR) is 78.5 cm³/mol. The van der Waals surface area contributed by atoms with Crippen LogP contribution in [-0.4, -0.2) is 31.5 Å². The Labute approximate surface area is 119 Å². The van der Waals surface area contributed by atoms with E-state index >= 15 is 0 Å². The van der Waals surface area contributed by atoms with Crippen LogP contribution in [0.5, 0.6) is 0 Å². The number of hydrogen-bond acceptors (Lipinski definition) is 6. The fraction of sp³-hybridized carbons (Fsp3) is 0.167.